The lowest BCUT2D eigenvalue weighted by molar-refractivity contribution is -0.338. The number of phenols is 3. The van der Waals surface area contributed by atoms with Crippen molar-refractivity contribution in [3.63, 3.8) is 0 Å². The number of benzene rings is 2. The molecule has 2 saturated heterocycles. The van der Waals surface area contributed by atoms with Crippen LogP contribution in [0.2, 0.25) is 0 Å². The van der Waals surface area contributed by atoms with Gasteiger partial charge in [-0.25, -0.2) is 0 Å². The maximum atomic E-state index is 13.3. The molecule has 0 spiro atoms. The standard InChI is InChI=1S/C28H32O15/c1-9-20(33)23(36)25(38)28(40-9)43-27-24(37)21(34)17(8-29)42-26(27)19-13(32)7-16-18(22(19)35)12(31)6-14(41-16)10-3-4-11(30)15(5-10)39-2/h3-7,9,17,20-21,23-30,32-38H,8H2,1-2H3/t9?,17?,20-,21+,23-,24-,25?,26-,27?,28-/m0/s1. The molecule has 0 saturated carbocycles. The average molecular weight is 609 g/mol. The summed E-state index contributed by atoms with van der Waals surface area (Å²) >= 11 is 0. The van der Waals surface area contributed by atoms with E-state index in [2.05, 4.69) is 0 Å². The van der Waals surface area contributed by atoms with Crippen LogP contribution in [0.15, 0.2) is 39.5 Å². The zero-order chi connectivity index (χ0) is 31.3. The van der Waals surface area contributed by atoms with Crippen LogP contribution in [-0.4, -0.2) is 115 Å². The highest BCUT2D eigenvalue weighted by atomic mass is 16.7. The zero-order valence-corrected chi connectivity index (χ0v) is 22.8. The minimum absolute atomic E-state index is 0.00895. The SMILES string of the molecule is COc1cc(-c2cc(=O)c3c(O)c([C@@H]4OC(CO)[C@@H](O)[C@H](O)C4O[C@@H]4OC(C)[C@H](O)[C@H](O)C4O)c(O)cc3o2)ccc1O. The summed E-state index contributed by atoms with van der Waals surface area (Å²) in [5, 5.41) is 93.7. The van der Waals surface area contributed by atoms with Gasteiger partial charge in [-0.3, -0.25) is 4.79 Å². The van der Waals surface area contributed by atoms with E-state index in [4.69, 9.17) is 23.4 Å². The largest absolute Gasteiger partial charge is 0.507 e. The van der Waals surface area contributed by atoms with E-state index in [1.165, 1.54) is 32.2 Å². The van der Waals surface area contributed by atoms with Crippen LogP contribution >= 0.6 is 0 Å². The fraction of sp³-hybridized carbons (Fsp3) is 0.464. The lowest BCUT2D eigenvalue weighted by atomic mass is 9.89. The summed E-state index contributed by atoms with van der Waals surface area (Å²) in [6, 6.07) is 6.24. The van der Waals surface area contributed by atoms with Crippen molar-refractivity contribution in [3.05, 3.63) is 46.1 Å². The van der Waals surface area contributed by atoms with Crippen molar-refractivity contribution in [2.75, 3.05) is 13.7 Å². The average Bonchev–Trinajstić information content (AvgIpc) is 2.97. The molecule has 0 radical (unpaired) electrons. The molecule has 0 amide bonds. The van der Waals surface area contributed by atoms with Crippen LogP contribution in [0.1, 0.15) is 18.6 Å². The molecule has 4 unspecified atom stereocenters. The monoisotopic (exact) mass is 608 g/mol. The van der Waals surface area contributed by atoms with Crippen molar-refractivity contribution in [2.45, 2.75) is 68.1 Å². The molecule has 3 heterocycles. The molecule has 43 heavy (non-hydrogen) atoms. The van der Waals surface area contributed by atoms with E-state index in [0.29, 0.717) is 5.56 Å². The van der Waals surface area contributed by atoms with Crippen LogP contribution in [0, 0.1) is 0 Å². The molecule has 2 aromatic carbocycles. The quantitative estimate of drug-likeness (QED) is 0.162. The molecule has 0 aliphatic carbocycles. The highest BCUT2D eigenvalue weighted by Crippen LogP contribution is 2.46. The van der Waals surface area contributed by atoms with Gasteiger partial charge in [0, 0.05) is 17.7 Å². The van der Waals surface area contributed by atoms with Crippen molar-refractivity contribution in [3.8, 4) is 34.3 Å². The van der Waals surface area contributed by atoms with E-state index in [0.717, 1.165) is 12.1 Å². The van der Waals surface area contributed by atoms with Gasteiger partial charge < -0.3 is 69.3 Å². The second kappa shape index (κ2) is 11.9. The molecule has 2 aliphatic heterocycles. The van der Waals surface area contributed by atoms with Crippen LogP contribution in [0.5, 0.6) is 23.0 Å². The third kappa shape index (κ3) is 5.39. The van der Waals surface area contributed by atoms with Gasteiger partial charge in [-0.1, -0.05) is 0 Å². The Bertz CT molecular complexity index is 1540. The molecule has 5 rings (SSSR count). The first-order valence-corrected chi connectivity index (χ1v) is 13.3. The van der Waals surface area contributed by atoms with Crippen LogP contribution in [0.25, 0.3) is 22.3 Å². The first-order chi connectivity index (χ1) is 20.4. The Hall–Kier alpha value is -3.51. The molecule has 2 aliphatic rings. The fourth-order valence-corrected chi connectivity index (χ4v) is 5.31. The number of methoxy groups -OCH3 is 1. The minimum Gasteiger partial charge on any atom is -0.507 e. The van der Waals surface area contributed by atoms with Gasteiger partial charge in [0.1, 0.15) is 77.1 Å². The smallest absolute Gasteiger partial charge is 0.197 e. The molecular weight excluding hydrogens is 576 g/mol. The number of fused-ring (bicyclic) bond motifs is 1. The van der Waals surface area contributed by atoms with Crippen molar-refractivity contribution >= 4 is 11.0 Å². The van der Waals surface area contributed by atoms with Crippen LogP contribution in [0.4, 0.5) is 0 Å². The number of phenolic OH excluding ortho intramolecular Hbond substituents is 3. The van der Waals surface area contributed by atoms with E-state index in [-0.39, 0.29) is 22.8 Å². The molecule has 15 nitrogen and oxygen atoms in total. The van der Waals surface area contributed by atoms with Gasteiger partial charge in [-0.2, -0.15) is 0 Å². The van der Waals surface area contributed by atoms with Crippen molar-refractivity contribution < 1.29 is 69.3 Å². The fourth-order valence-electron chi connectivity index (χ4n) is 5.31. The molecule has 10 atom stereocenters. The number of hydrogen-bond acceptors (Lipinski definition) is 15. The number of aromatic hydroxyl groups is 3. The minimum atomic E-state index is -1.87. The van der Waals surface area contributed by atoms with E-state index in [1.807, 2.05) is 0 Å². The maximum absolute atomic E-state index is 13.3. The first-order valence-electron chi connectivity index (χ1n) is 13.3. The molecule has 0 bridgehead atoms. The van der Waals surface area contributed by atoms with Crippen LogP contribution < -0.4 is 10.2 Å². The van der Waals surface area contributed by atoms with Gasteiger partial charge in [-0.15, -0.1) is 0 Å². The lowest BCUT2D eigenvalue weighted by Gasteiger charge is -2.46. The molecule has 234 valence electrons. The molecule has 1 aromatic heterocycles. The van der Waals surface area contributed by atoms with E-state index < -0.39 is 95.7 Å². The summed E-state index contributed by atoms with van der Waals surface area (Å²) in [4.78, 5) is 13.3. The number of hydrogen-bond donors (Lipinski definition) is 9. The van der Waals surface area contributed by atoms with E-state index in [1.54, 1.807) is 0 Å². The molecule has 3 aromatic rings. The van der Waals surface area contributed by atoms with Gasteiger partial charge in [0.15, 0.2) is 23.2 Å². The highest BCUT2D eigenvalue weighted by molar-refractivity contribution is 5.88. The van der Waals surface area contributed by atoms with Gasteiger partial charge in [0.25, 0.3) is 0 Å². The normalized spacial score (nSPS) is 33.0. The number of rotatable bonds is 6. The Labute approximate surface area is 242 Å². The molecule has 15 heteroatoms. The van der Waals surface area contributed by atoms with E-state index in [9.17, 15) is 50.8 Å². The Balaban J connectivity index is 1.59. The van der Waals surface area contributed by atoms with Gasteiger partial charge in [0.05, 0.1) is 25.4 Å². The molecule has 9 N–H and O–H groups in total. The van der Waals surface area contributed by atoms with E-state index >= 15 is 0 Å². The summed E-state index contributed by atoms with van der Waals surface area (Å²) in [7, 11) is 1.34. The van der Waals surface area contributed by atoms with Gasteiger partial charge in [0.2, 0.25) is 0 Å². The summed E-state index contributed by atoms with van der Waals surface area (Å²) in [6.45, 7) is 0.587. The Morgan fingerprint density at radius 2 is 1.58 bits per heavy atom. The maximum Gasteiger partial charge on any atom is 0.197 e. The number of aliphatic hydroxyl groups is 6. The predicted molar refractivity (Wildman–Crippen MR) is 143 cm³/mol. The summed E-state index contributed by atoms with van der Waals surface area (Å²) < 4.78 is 27.8. The van der Waals surface area contributed by atoms with Gasteiger partial charge in [-0.05, 0) is 25.1 Å². The molecule has 2 fully saturated rings. The van der Waals surface area contributed by atoms with Crippen molar-refractivity contribution in [1.82, 2.24) is 0 Å². The lowest BCUT2D eigenvalue weighted by Crippen LogP contribution is -2.61. The summed E-state index contributed by atoms with van der Waals surface area (Å²) in [6.07, 6.45) is -16.2. The Morgan fingerprint density at radius 3 is 2.26 bits per heavy atom. The third-order valence-corrected chi connectivity index (χ3v) is 7.73. The van der Waals surface area contributed by atoms with Crippen molar-refractivity contribution in [1.29, 1.82) is 0 Å². The Kier molecular flexibility index (Phi) is 8.54. The highest BCUT2D eigenvalue weighted by Gasteiger charge is 2.51. The Morgan fingerprint density at radius 1 is 0.860 bits per heavy atom. The van der Waals surface area contributed by atoms with Crippen LogP contribution in [-0.2, 0) is 14.2 Å². The zero-order valence-electron chi connectivity index (χ0n) is 22.8. The topological polar surface area (TPSA) is 249 Å². The van der Waals surface area contributed by atoms with Crippen LogP contribution in [0.3, 0.4) is 0 Å². The number of ether oxygens (including phenoxy) is 4. The second-order valence-electron chi connectivity index (χ2n) is 10.4. The van der Waals surface area contributed by atoms with Gasteiger partial charge >= 0.3 is 0 Å². The second-order valence-corrected chi connectivity index (χ2v) is 10.4. The first kappa shape index (κ1) is 30.9. The number of aliphatic hydroxyl groups excluding tert-OH is 6. The molecular formula is C28H32O15. The summed E-state index contributed by atoms with van der Waals surface area (Å²) in [5.74, 6) is -1.56. The van der Waals surface area contributed by atoms with Crippen molar-refractivity contribution in [2.24, 2.45) is 0 Å². The predicted octanol–water partition coefficient (Wildman–Crippen LogP) is -1.05. The third-order valence-electron chi connectivity index (χ3n) is 7.73. The summed E-state index contributed by atoms with van der Waals surface area (Å²) in [5.41, 5.74) is -1.16.